The minimum atomic E-state index is -0.133. The molecule has 0 saturated carbocycles. The van der Waals surface area contributed by atoms with Crippen LogP contribution in [0.15, 0.2) is 25.3 Å². The summed E-state index contributed by atoms with van der Waals surface area (Å²) in [5.74, 6) is 1.40. The summed E-state index contributed by atoms with van der Waals surface area (Å²) in [6.07, 6.45) is 8.25. The Labute approximate surface area is 181 Å². The summed E-state index contributed by atoms with van der Waals surface area (Å²) in [6, 6.07) is 1.79. The maximum absolute atomic E-state index is 6.47. The highest BCUT2D eigenvalue weighted by molar-refractivity contribution is 6.31. The number of hydrogen-bond acceptors (Lipinski definition) is 6. The van der Waals surface area contributed by atoms with Gasteiger partial charge in [0.25, 0.3) is 0 Å². The Morgan fingerprint density at radius 3 is 2.90 bits per heavy atom. The number of rotatable bonds is 6. The molecule has 0 bridgehead atoms. The first-order valence-corrected chi connectivity index (χ1v) is 10.5. The SMILES string of the molecule is C=Cc1c(C)c(Cl)cc(C(C)Nc2ncnc3c2ncn3C2CCCCO2)c1OC. The van der Waals surface area contributed by atoms with Crippen LogP contribution in [-0.4, -0.2) is 33.2 Å². The molecule has 0 spiro atoms. The van der Waals surface area contributed by atoms with Crippen LogP contribution in [0.2, 0.25) is 5.02 Å². The van der Waals surface area contributed by atoms with Gasteiger partial charge in [-0.05, 0) is 44.7 Å². The third-order valence-electron chi connectivity index (χ3n) is 5.60. The van der Waals surface area contributed by atoms with Crippen molar-refractivity contribution in [1.29, 1.82) is 0 Å². The Kier molecular flexibility index (Phi) is 5.92. The van der Waals surface area contributed by atoms with Crippen LogP contribution in [-0.2, 0) is 4.74 Å². The molecular weight excluding hydrogens is 402 g/mol. The third-order valence-corrected chi connectivity index (χ3v) is 6.00. The monoisotopic (exact) mass is 427 g/mol. The molecule has 1 saturated heterocycles. The fourth-order valence-electron chi connectivity index (χ4n) is 3.95. The molecule has 1 aliphatic rings. The number of ether oxygens (including phenoxy) is 2. The molecule has 2 aromatic heterocycles. The molecule has 1 fully saturated rings. The van der Waals surface area contributed by atoms with Crippen LogP contribution in [0.4, 0.5) is 5.82 Å². The van der Waals surface area contributed by atoms with E-state index in [1.165, 1.54) is 0 Å². The zero-order valence-corrected chi connectivity index (χ0v) is 18.2. The van der Waals surface area contributed by atoms with Crippen molar-refractivity contribution in [3.8, 4) is 5.75 Å². The molecule has 1 aliphatic heterocycles. The molecule has 3 heterocycles. The van der Waals surface area contributed by atoms with Crippen LogP contribution >= 0.6 is 11.6 Å². The van der Waals surface area contributed by atoms with Gasteiger partial charge in [0.2, 0.25) is 0 Å². The van der Waals surface area contributed by atoms with E-state index in [9.17, 15) is 0 Å². The van der Waals surface area contributed by atoms with E-state index in [4.69, 9.17) is 21.1 Å². The van der Waals surface area contributed by atoms with E-state index in [2.05, 4.69) is 26.8 Å². The van der Waals surface area contributed by atoms with Crippen molar-refractivity contribution in [2.24, 2.45) is 0 Å². The molecule has 1 N–H and O–H groups in total. The summed E-state index contributed by atoms with van der Waals surface area (Å²) in [4.78, 5) is 13.5. The van der Waals surface area contributed by atoms with Gasteiger partial charge in [-0.25, -0.2) is 15.0 Å². The predicted octanol–water partition coefficient (Wildman–Crippen LogP) is 5.31. The highest BCUT2D eigenvalue weighted by atomic mass is 35.5. The number of methoxy groups -OCH3 is 1. The molecule has 8 heteroatoms. The Morgan fingerprint density at radius 1 is 1.37 bits per heavy atom. The summed E-state index contributed by atoms with van der Waals surface area (Å²) >= 11 is 6.47. The second-order valence-corrected chi connectivity index (χ2v) is 7.86. The summed E-state index contributed by atoms with van der Waals surface area (Å²) in [5, 5.41) is 4.12. The highest BCUT2D eigenvalue weighted by Crippen LogP contribution is 2.38. The van der Waals surface area contributed by atoms with E-state index < -0.39 is 0 Å². The number of halogens is 1. The van der Waals surface area contributed by atoms with Gasteiger partial charge in [-0.1, -0.05) is 24.3 Å². The van der Waals surface area contributed by atoms with Crippen molar-refractivity contribution >= 4 is 34.7 Å². The number of nitrogens with one attached hydrogen (secondary N) is 1. The molecule has 2 unspecified atom stereocenters. The molecule has 0 amide bonds. The van der Waals surface area contributed by atoms with Crippen molar-refractivity contribution in [2.75, 3.05) is 19.0 Å². The molecule has 7 nitrogen and oxygen atoms in total. The van der Waals surface area contributed by atoms with Crippen LogP contribution in [0.25, 0.3) is 17.2 Å². The minimum Gasteiger partial charge on any atom is -0.496 e. The highest BCUT2D eigenvalue weighted by Gasteiger charge is 2.22. The average Bonchev–Trinajstić information content (AvgIpc) is 3.21. The topological polar surface area (TPSA) is 74.1 Å². The molecule has 2 atom stereocenters. The van der Waals surface area contributed by atoms with Gasteiger partial charge >= 0.3 is 0 Å². The van der Waals surface area contributed by atoms with E-state index in [0.29, 0.717) is 16.4 Å². The number of hydrogen-bond donors (Lipinski definition) is 1. The van der Waals surface area contributed by atoms with E-state index >= 15 is 0 Å². The van der Waals surface area contributed by atoms with Gasteiger partial charge in [-0.3, -0.25) is 4.57 Å². The molecular formula is C22H26ClN5O2. The molecule has 0 aliphatic carbocycles. The quantitative estimate of drug-likeness (QED) is 0.574. The molecule has 30 heavy (non-hydrogen) atoms. The number of imidazole rings is 1. The maximum atomic E-state index is 6.47. The van der Waals surface area contributed by atoms with Crippen LogP contribution < -0.4 is 10.1 Å². The third kappa shape index (κ3) is 3.63. The first kappa shape index (κ1) is 20.6. The maximum Gasteiger partial charge on any atom is 0.167 e. The average molecular weight is 428 g/mol. The second-order valence-electron chi connectivity index (χ2n) is 7.46. The summed E-state index contributed by atoms with van der Waals surface area (Å²) < 4.78 is 13.6. The summed E-state index contributed by atoms with van der Waals surface area (Å²) in [7, 11) is 1.65. The van der Waals surface area contributed by atoms with E-state index in [1.807, 2.05) is 24.5 Å². The molecule has 1 aromatic carbocycles. The van der Waals surface area contributed by atoms with Crippen LogP contribution in [0.1, 0.15) is 55.1 Å². The van der Waals surface area contributed by atoms with Gasteiger partial charge in [-0.15, -0.1) is 0 Å². The lowest BCUT2D eigenvalue weighted by Gasteiger charge is -2.24. The van der Waals surface area contributed by atoms with Crippen molar-refractivity contribution in [3.63, 3.8) is 0 Å². The number of benzene rings is 1. The molecule has 3 aromatic rings. The number of aromatic nitrogens is 4. The van der Waals surface area contributed by atoms with E-state index in [-0.39, 0.29) is 12.3 Å². The smallest absolute Gasteiger partial charge is 0.167 e. The molecule has 0 radical (unpaired) electrons. The first-order chi connectivity index (χ1) is 14.5. The zero-order valence-electron chi connectivity index (χ0n) is 17.5. The van der Waals surface area contributed by atoms with E-state index in [1.54, 1.807) is 25.8 Å². The van der Waals surface area contributed by atoms with Crippen molar-refractivity contribution in [2.45, 2.75) is 45.4 Å². The number of fused-ring (bicyclic) bond motifs is 1. The lowest BCUT2D eigenvalue weighted by molar-refractivity contribution is -0.0298. The first-order valence-electron chi connectivity index (χ1n) is 10.1. The fourth-order valence-corrected chi connectivity index (χ4v) is 4.17. The van der Waals surface area contributed by atoms with Gasteiger partial charge in [0.1, 0.15) is 18.3 Å². The molecule has 158 valence electrons. The predicted molar refractivity (Wildman–Crippen MR) is 119 cm³/mol. The summed E-state index contributed by atoms with van der Waals surface area (Å²) in [6.45, 7) is 8.66. The Morgan fingerprint density at radius 2 is 2.20 bits per heavy atom. The van der Waals surface area contributed by atoms with Crippen LogP contribution in [0.5, 0.6) is 5.75 Å². The Hall–Kier alpha value is -2.64. The Bertz CT molecular complexity index is 1080. The lowest BCUT2D eigenvalue weighted by Crippen LogP contribution is -2.17. The summed E-state index contributed by atoms with van der Waals surface area (Å²) in [5.41, 5.74) is 4.21. The molecule has 4 rings (SSSR count). The normalized spacial score (nSPS) is 17.7. The van der Waals surface area contributed by atoms with Crippen molar-refractivity contribution < 1.29 is 9.47 Å². The van der Waals surface area contributed by atoms with Crippen LogP contribution in [0.3, 0.4) is 0 Å². The van der Waals surface area contributed by atoms with Gasteiger partial charge in [-0.2, -0.15) is 0 Å². The van der Waals surface area contributed by atoms with Gasteiger partial charge < -0.3 is 14.8 Å². The van der Waals surface area contributed by atoms with Gasteiger partial charge in [0.15, 0.2) is 17.0 Å². The zero-order chi connectivity index (χ0) is 21.3. The second kappa shape index (κ2) is 8.62. The van der Waals surface area contributed by atoms with Crippen molar-refractivity contribution in [3.05, 3.63) is 47.0 Å². The largest absolute Gasteiger partial charge is 0.496 e. The van der Waals surface area contributed by atoms with Gasteiger partial charge in [0, 0.05) is 22.8 Å². The Balaban J connectivity index is 1.69. The lowest BCUT2D eigenvalue weighted by atomic mass is 9.98. The van der Waals surface area contributed by atoms with Crippen molar-refractivity contribution in [1.82, 2.24) is 19.5 Å². The van der Waals surface area contributed by atoms with E-state index in [0.717, 1.165) is 54.0 Å². The van der Waals surface area contributed by atoms with Gasteiger partial charge in [0.05, 0.1) is 19.5 Å². The number of anilines is 1. The standard InChI is InChI=1S/C22H26ClN5O2/c1-5-15-13(2)17(23)10-16(20(15)29-4)14(3)27-21-19-22(25-11-24-21)28(12-26-19)18-8-6-7-9-30-18/h5,10-12,14,18H,1,6-9H2,2-4H3,(H,24,25,27). The van der Waals surface area contributed by atoms with Crippen LogP contribution in [0, 0.1) is 6.92 Å². The minimum absolute atomic E-state index is 0.0323. The number of nitrogens with zero attached hydrogens (tertiary/aromatic N) is 4. The fraction of sp³-hybridized carbons (Fsp3) is 0.409.